The van der Waals surface area contributed by atoms with Gasteiger partial charge in [0.1, 0.15) is 5.82 Å². The Morgan fingerprint density at radius 2 is 2.25 bits per heavy atom. The molecule has 0 spiro atoms. The van der Waals surface area contributed by atoms with E-state index in [0.717, 1.165) is 30.5 Å². The van der Waals surface area contributed by atoms with E-state index in [1.807, 2.05) is 6.92 Å². The number of hydrogen-bond acceptors (Lipinski definition) is 2. The molecule has 3 heteroatoms. The molecular formula is C13H19FN2. The Morgan fingerprint density at radius 3 is 2.81 bits per heavy atom. The lowest BCUT2D eigenvalue weighted by molar-refractivity contribution is 0.533. The molecule has 1 aromatic heterocycles. The van der Waals surface area contributed by atoms with Gasteiger partial charge in [-0.3, -0.25) is 4.98 Å². The molecule has 1 atom stereocenters. The molecule has 0 saturated heterocycles. The predicted molar refractivity (Wildman–Crippen MR) is 64.7 cm³/mol. The number of hydrogen-bond donors (Lipinski definition) is 1. The molecule has 0 aliphatic heterocycles. The van der Waals surface area contributed by atoms with E-state index in [2.05, 4.69) is 23.8 Å². The van der Waals surface area contributed by atoms with Crippen molar-refractivity contribution in [2.75, 3.05) is 6.54 Å². The fraction of sp³-hybridized carbons (Fsp3) is 0.462. The molecule has 0 fully saturated rings. The van der Waals surface area contributed by atoms with E-state index in [4.69, 9.17) is 0 Å². The zero-order valence-corrected chi connectivity index (χ0v) is 9.96. The maximum absolute atomic E-state index is 13.1. The van der Waals surface area contributed by atoms with Crippen LogP contribution in [0.25, 0.3) is 0 Å². The average Bonchev–Trinajstić information content (AvgIpc) is 2.28. The highest BCUT2D eigenvalue weighted by Gasteiger charge is 2.12. The van der Waals surface area contributed by atoms with Crippen molar-refractivity contribution in [3.63, 3.8) is 0 Å². The maximum Gasteiger partial charge on any atom is 0.141 e. The molecule has 1 unspecified atom stereocenters. The molecule has 16 heavy (non-hydrogen) atoms. The van der Waals surface area contributed by atoms with E-state index >= 15 is 0 Å². The van der Waals surface area contributed by atoms with Gasteiger partial charge in [-0.2, -0.15) is 0 Å². The van der Waals surface area contributed by atoms with Crippen molar-refractivity contribution in [3.8, 4) is 0 Å². The van der Waals surface area contributed by atoms with Crippen molar-refractivity contribution in [1.82, 2.24) is 10.3 Å². The number of pyridine rings is 1. The van der Waals surface area contributed by atoms with Crippen LogP contribution in [-0.2, 0) is 0 Å². The number of rotatable bonds is 6. The monoisotopic (exact) mass is 222 g/mol. The van der Waals surface area contributed by atoms with Crippen molar-refractivity contribution >= 4 is 0 Å². The lowest BCUT2D eigenvalue weighted by Gasteiger charge is -2.18. The van der Waals surface area contributed by atoms with Crippen molar-refractivity contribution in [3.05, 3.63) is 42.0 Å². The molecule has 88 valence electrons. The van der Waals surface area contributed by atoms with E-state index in [0.29, 0.717) is 0 Å². The molecule has 1 rings (SSSR count). The first-order valence-electron chi connectivity index (χ1n) is 5.67. The molecule has 1 N–H and O–H groups in total. The number of aromatic nitrogens is 1. The van der Waals surface area contributed by atoms with Gasteiger partial charge >= 0.3 is 0 Å². The molecule has 0 saturated carbocycles. The second kappa shape index (κ2) is 6.38. The molecule has 2 nitrogen and oxygen atoms in total. The van der Waals surface area contributed by atoms with Gasteiger partial charge in [-0.1, -0.05) is 26.0 Å². The molecule has 1 aromatic rings. The molecule has 0 bridgehead atoms. The van der Waals surface area contributed by atoms with Crippen LogP contribution < -0.4 is 5.32 Å². The highest BCUT2D eigenvalue weighted by molar-refractivity contribution is 5.17. The summed E-state index contributed by atoms with van der Waals surface area (Å²) >= 11 is 0. The van der Waals surface area contributed by atoms with Crippen LogP contribution in [0.1, 0.15) is 38.3 Å². The van der Waals surface area contributed by atoms with Gasteiger partial charge in [-0.05, 0) is 31.0 Å². The lowest BCUT2D eigenvalue weighted by Crippen LogP contribution is -2.21. The Bertz CT molecular complexity index is 350. The molecular weight excluding hydrogens is 203 g/mol. The number of halogens is 1. The molecule has 0 aliphatic rings. The standard InChI is InChI=1S/C13H19FN2/c1-4-10(3)6-13(16-5-2)11-7-12(14)9-15-8-11/h7-9,13,16H,3-6H2,1-2H3. The quantitative estimate of drug-likeness (QED) is 0.747. The zero-order valence-electron chi connectivity index (χ0n) is 9.96. The van der Waals surface area contributed by atoms with E-state index in [1.165, 1.54) is 12.3 Å². The smallest absolute Gasteiger partial charge is 0.141 e. The van der Waals surface area contributed by atoms with Crippen LogP contribution in [-0.4, -0.2) is 11.5 Å². The fourth-order valence-electron chi connectivity index (χ4n) is 1.61. The van der Waals surface area contributed by atoms with Crippen molar-refractivity contribution in [1.29, 1.82) is 0 Å². The van der Waals surface area contributed by atoms with E-state index in [-0.39, 0.29) is 11.9 Å². The van der Waals surface area contributed by atoms with Crippen LogP contribution in [0.2, 0.25) is 0 Å². The van der Waals surface area contributed by atoms with Crippen molar-refractivity contribution in [2.45, 2.75) is 32.7 Å². The Hall–Kier alpha value is -1.22. The first-order valence-corrected chi connectivity index (χ1v) is 5.67. The number of nitrogens with zero attached hydrogens (tertiary/aromatic N) is 1. The normalized spacial score (nSPS) is 12.4. The predicted octanol–water partition coefficient (Wildman–Crippen LogP) is 3.23. The molecule has 0 amide bonds. The van der Waals surface area contributed by atoms with Gasteiger partial charge in [-0.15, -0.1) is 0 Å². The molecule has 0 radical (unpaired) electrons. The summed E-state index contributed by atoms with van der Waals surface area (Å²) in [5, 5.41) is 3.32. The van der Waals surface area contributed by atoms with Gasteiger partial charge in [0.15, 0.2) is 0 Å². The van der Waals surface area contributed by atoms with Crippen molar-refractivity contribution < 1.29 is 4.39 Å². The zero-order chi connectivity index (χ0) is 12.0. The summed E-state index contributed by atoms with van der Waals surface area (Å²) in [6, 6.07) is 1.64. The third-order valence-corrected chi connectivity index (χ3v) is 2.57. The number of nitrogens with one attached hydrogen (secondary N) is 1. The SMILES string of the molecule is C=C(CC)CC(NCC)c1cncc(F)c1. The summed E-state index contributed by atoms with van der Waals surface area (Å²) in [7, 11) is 0. The molecule has 1 heterocycles. The Balaban J connectivity index is 2.80. The van der Waals surface area contributed by atoms with Crippen LogP contribution in [0, 0.1) is 5.82 Å². The van der Waals surface area contributed by atoms with Crippen LogP contribution in [0.15, 0.2) is 30.6 Å². The molecule has 0 aromatic carbocycles. The fourth-order valence-corrected chi connectivity index (χ4v) is 1.61. The Kier molecular flexibility index (Phi) is 5.12. The summed E-state index contributed by atoms with van der Waals surface area (Å²) in [6.07, 6.45) is 4.71. The van der Waals surface area contributed by atoms with Gasteiger partial charge in [0.2, 0.25) is 0 Å². The van der Waals surface area contributed by atoms with Gasteiger partial charge in [-0.25, -0.2) is 4.39 Å². The second-order valence-corrected chi connectivity index (χ2v) is 3.85. The van der Waals surface area contributed by atoms with Crippen LogP contribution in [0.4, 0.5) is 4.39 Å². The van der Waals surface area contributed by atoms with Gasteiger partial charge in [0.05, 0.1) is 6.20 Å². The molecule has 0 aliphatic carbocycles. The third-order valence-electron chi connectivity index (χ3n) is 2.57. The van der Waals surface area contributed by atoms with Crippen LogP contribution in [0.3, 0.4) is 0 Å². The minimum atomic E-state index is -0.289. The largest absolute Gasteiger partial charge is 0.310 e. The third kappa shape index (κ3) is 3.74. The maximum atomic E-state index is 13.1. The average molecular weight is 222 g/mol. The minimum absolute atomic E-state index is 0.112. The van der Waals surface area contributed by atoms with Crippen molar-refractivity contribution in [2.24, 2.45) is 0 Å². The Morgan fingerprint density at radius 1 is 1.50 bits per heavy atom. The topological polar surface area (TPSA) is 24.9 Å². The Labute approximate surface area is 96.6 Å². The summed E-state index contributed by atoms with van der Waals surface area (Å²) in [5.74, 6) is -0.289. The minimum Gasteiger partial charge on any atom is -0.310 e. The first kappa shape index (κ1) is 12.8. The van der Waals surface area contributed by atoms with Crippen LogP contribution in [0.5, 0.6) is 0 Å². The lowest BCUT2D eigenvalue weighted by atomic mass is 10.00. The second-order valence-electron chi connectivity index (χ2n) is 3.85. The van der Waals surface area contributed by atoms with E-state index in [1.54, 1.807) is 6.20 Å². The summed E-state index contributed by atoms with van der Waals surface area (Å²) in [4.78, 5) is 3.88. The summed E-state index contributed by atoms with van der Waals surface area (Å²) < 4.78 is 13.1. The first-order chi connectivity index (χ1) is 7.67. The summed E-state index contributed by atoms with van der Waals surface area (Å²) in [6.45, 7) is 8.95. The van der Waals surface area contributed by atoms with E-state index in [9.17, 15) is 4.39 Å². The van der Waals surface area contributed by atoms with Crippen LogP contribution >= 0.6 is 0 Å². The van der Waals surface area contributed by atoms with Gasteiger partial charge in [0.25, 0.3) is 0 Å². The highest BCUT2D eigenvalue weighted by atomic mass is 19.1. The van der Waals surface area contributed by atoms with Gasteiger partial charge in [0, 0.05) is 12.2 Å². The van der Waals surface area contributed by atoms with Gasteiger partial charge < -0.3 is 5.32 Å². The van der Waals surface area contributed by atoms with E-state index < -0.39 is 0 Å². The highest BCUT2D eigenvalue weighted by Crippen LogP contribution is 2.21. The summed E-state index contributed by atoms with van der Waals surface area (Å²) in [5.41, 5.74) is 2.05.